The van der Waals surface area contributed by atoms with Crippen molar-refractivity contribution in [1.29, 1.82) is 0 Å². The van der Waals surface area contributed by atoms with Crippen molar-refractivity contribution < 1.29 is 24.5 Å². The van der Waals surface area contributed by atoms with E-state index in [1.54, 1.807) is 0 Å². The predicted octanol–water partition coefficient (Wildman–Crippen LogP) is 16.6. The fraction of sp³-hybridized carbons (Fsp3) is 0.262. The third kappa shape index (κ3) is 12.4. The van der Waals surface area contributed by atoms with Gasteiger partial charge < -0.3 is 4.42 Å². The Kier molecular flexibility index (Phi) is 16.5. The van der Waals surface area contributed by atoms with E-state index in [1.165, 1.54) is 66.2 Å². The number of pyridine rings is 3. The van der Waals surface area contributed by atoms with Crippen LogP contribution in [0.3, 0.4) is 0 Å². The number of rotatable bonds is 8. The minimum absolute atomic E-state index is 0. The Bertz CT molecular complexity index is 3050. The zero-order valence-corrected chi connectivity index (χ0v) is 45.0. The number of hydrogen-bond donors (Lipinski definition) is 0. The first-order valence-electron chi connectivity index (χ1n) is 23.5. The van der Waals surface area contributed by atoms with Crippen molar-refractivity contribution >= 4 is 35.2 Å². The summed E-state index contributed by atoms with van der Waals surface area (Å²) in [5.74, 6) is 0.548. The fourth-order valence-corrected chi connectivity index (χ4v) is 10.5. The molecule has 0 aliphatic heterocycles. The third-order valence-corrected chi connectivity index (χ3v) is 14.2. The molecular formula is C61H67IrN3OSi. The van der Waals surface area contributed by atoms with Gasteiger partial charge in [0.05, 0.1) is 25.2 Å². The van der Waals surface area contributed by atoms with Gasteiger partial charge in [-0.2, -0.15) is 0 Å². The number of nitrogens with zero attached hydrogens (tertiary/aromatic N) is 3. The SMILES string of the molecule is CC(C)c1cc(-c2ccccc2)ncc1[Si](C)(C)C.CCc1ccnc(-c2ccccc2)c1.Cc1cccc(C)c1-c1ccc2c(c1)oc1c(-c3cc(CC(C)(C)C)ccn3)ccc(C)c12.[Ir]. The summed E-state index contributed by atoms with van der Waals surface area (Å²) in [6.07, 6.45) is 7.98. The quantitative estimate of drug-likeness (QED) is 0.142. The van der Waals surface area contributed by atoms with E-state index in [9.17, 15) is 0 Å². The van der Waals surface area contributed by atoms with Crippen molar-refractivity contribution in [3.8, 4) is 44.9 Å². The number of aromatic nitrogens is 3. The summed E-state index contributed by atoms with van der Waals surface area (Å²) in [5.41, 5.74) is 19.0. The molecule has 9 rings (SSSR count). The van der Waals surface area contributed by atoms with Crippen LogP contribution in [0.1, 0.15) is 80.8 Å². The molecule has 6 heteroatoms. The molecule has 0 saturated heterocycles. The molecule has 0 aliphatic rings. The molecule has 345 valence electrons. The number of benzene rings is 5. The second-order valence-electron chi connectivity index (χ2n) is 20.2. The van der Waals surface area contributed by atoms with Gasteiger partial charge in [-0.3, -0.25) is 15.0 Å². The molecule has 4 nitrogen and oxygen atoms in total. The van der Waals surface area contributed by atoms with E-state index in [0.717, 1.165) is 52.0 Å². The average molecular weight is 1080 g/mol. The minimum atomic E-state index is -1.33. The van der Waals surface area contributed by atoms with Crippen molar-refractivity contribution in [1.82, 2.24) is 15.0 Å². The summed E-state index contributed by atoms with van der Waals surface area (Å²) in [6, 6.07) is 48.9. The van der Waals surface area contributed by atoms with E-state index in [-0.39, 0.29) is 25.5 Å². The smallest absolute Gasteiger partial charge is 0.145 e. The summed E-state index contributed by atoms with van der Waals surface area (Å²) in [6.45, 7) is 27.2. The number of aryl methyl sites for hydroxylation is 4. The van der Waals surface area contributed by atoms with Gasteiger partial charge in [-0.25, -0.2) is 0 Å². The standard InChI is InChI=1S/C31H31NO.C17H23NSi.C13H13N.Ir/c1-19-8-7-9-20(2)28(19)23-11-13-25-27(17-23)33-30-24(12-10-21(3)29(25)30)26-16-22(14-15-32-26)18-31(4,5)6;1-13(2)15-11-16(14-9-7-6-8-10-14)18-12-17(15)19(3,4)5;1-2-11-8-9-14-13(10-11)12-6-4-3-5-7-12;/h7-17H,18H2,1-6H3;6-13H,1-5H3;3-10H,2H2,1H3;. The van der Waals surface area contributed by atoms with Crippen LogP contribution >= 0.6 is 0 Å². The summed E-state index contributed by atoms with van der Waals surface area (Å²) < 4.78 is 6.56. The van der Waals surface area contributed by atoms with Crippen LogP contribution in [0.5, 0.6) is 0 Å². The predicted molar refractivity (Wildman–Crippen MR) is 286 cm³/mol. The van der Waals surface area contributed by atoms with Crippen molar-refractivity contribution in [3.05, 3.63) is 191 Å². The molecule has 4 aromatic heterocycles. The minimum Gasteiger partial charge on any atom is -0.455 e. The maximum atomic E-state index is 6.56. The van der Waals surface area contributed by atoms with Gasteiger partial charge in [0, 0.05) is 66.2 Å². The second-order valence-corrected chi connectivity index (χ2v) is 25.2. The zero-order valence-electron chi connectivity index (χ0n) is 41.6. The molecule has 0 aliphatic carbocycles. The van der Waals surface area contributed by atoms with Crippen LogP contribution in [-0.2, 0) is 32.9 Å². The van der Waals surface area contributed by atoms with Crippen LogP contribution in [0, 0.1) is 26.2 Å². The Morgan fingerprint density at radius 1 is 0.582 bits per heavy atom. The van der Waals surface area contributed by atoms with Crippen LogP contribution in [-0.4, -0.2) is 23.0 Å². The summed E-state index contributed by atoms with van der Waals surface area (Å²) in [5, 5.41) is 3.82. The molecule has 0 atom stereocenters. The van der Waals surface area contributed by atoms with Gasteiger partial charge in [0.15, 0.2) is 0 Å². The third-order valence-electron chi connectivity index (χ3n) is 12.2. The van der Waals surface area contributed by atoms with Crippen LogP contribution in [0.15, 0.2) is 163 Å². The van der Waals surface area contributed by atoms with Gasteiger partial charge in [0.2, 0.25) is 0 Å². The monoisotopic (exact) mass is 1080 g/mol. The topological polar surface area (TPSA) is 51.8 Å². The molecule has 0 fully saturated rings. The molecule has 9 aromatic rings. The molecule has 0 spiro atoms. The largest absolute Gasteiger partial charge is 0.455 e. The number of fused-ring (bicyclic) bond motifs is 3. The van der Waals surface area contributed by atoms with Crippen LogP contribution in [0.2, 0.25) is 19.6 Å². The van der Waals surface area contributed by atoms with E-state index < -0.39 is 8.07 Å². The van der Waals surface area contributed by atoms with Gasteiger partial charge in [-0.1, -0.05) is 152 Å². The van der Waals surface area contributed by atoms with E-state index in [0.29, 0.717) is 5.92 Å². The van der Waals surface area contributed by atoms with Crippen LogP contribution < -0.4 is 5.19 Å². The molecule has 0 amide bonds. The molecular weight excluding hydrogens is 1010 g/mol. The molecule has 0 unspecified atom stereocenters. The second kappa shape index (κ2) is 21.9. The summed E-state index contributed by atoms with van der Waals surface area (Å²) in [4.78, 5) is 13.8. The molecule has 67 heavy (non-hydrogen) atoms. The Labute approximate surface area is 414 Å². The first-order valence-corrected chi connectivity index (χ1v) is 27.0. The summed E-state index contributed by atoms with van der Waals surface area (Å²) in [7, 11) is -1.33. The van der Waals surface area contributed by atoms with E-state index in [1.807, 2.05) is 36.7 Å². The van der Waals surface area contributed by atoms with Crippen LogP contribution in [0.25, 0.3) is 66.8 Å². The number of hydrogen-bond acceptors (Lipinski definition) is 4. The normalized spacial score (nSPS) is 11.4. The van der Waals surface area contributed by atoms with Gasteiger partial charge >= 0.3 is 0 Å². The maximum absolute atomic E-state index is 6.56. The Hall–Kier alpha value is -5.78. The van der Waals surface area contributed by atoms with Crippen molar-refractivity contribution in [3.63, 3.8) is 0 Å². The van der Waals surface area contributed by atoms with E-state index >= 15 is 0 Å². The van der Waals surface area contributed by atoms with Gasteiger partial charge in [0.25, 0.3) is 0 Å². The molecule has 0 saturated carbocycles. The molecule has 5 aromatic carbocycles. The first kappa shape index (κ1) is 50.6. The zero-order chi connectivity index (χ0) is 47.2. The Balaban J connectivity index is 0.000000184. The maximum Gasteiger partial charge on any atom is 0.145 e. The fourth-order valence-electron chi connectivity index (χ4n) is 8.82. The Morgan fingerprint density at radius 3 is 1.75 bits per heavy atom. The van der Waals surface area contributed by atoms with E-state index in [4.69, 9.17) is 14.4 Å². The van der Waals surface area contributed by atoms with Crippen molar-refractivity contribution in [2.45, 2.75) is 101 Å². The molecule has 4 heterocycles. The number of furan rings is 1. The average Bonchev–Trinajstić information content (AvgIpc) is 3.69. The molecule has 0 N–H and O–H groups in total. The van der Waals surface area contributed by atoms with Crippen LogP contribution in [0.4, 0.5) is 0 Å². The van der Waals surface area contributed by atoms with Crippen molar-refractivity contribution in [2.24, 2.45) is 5.41 Å². The van der Waals surface area contributed by atoms with Gasteiger partial charge in [-0.05, 0) is 143 Å². The summed E-state index contributed by atoms with van der Waals surface area (Å²) >= 11 is 0. The van der Waals surface area contributed by atoms with Gasteiger partial charge in [0.1, 0.15) is 11.2 Å². The molecule has 1 radical (unpaired) electrons. The Morgan fingerprint density at radius 2 is 1.16 bits per heavy atom. The van der Waals surface area contributed by atoms with E-state index in [2.05, 4.69) is 208 Å². The van der Waals surface area contributed by atoms with Gasteiger partial charge in [-0.15, -0.1) is 0 Å². The van der Waals surface area contributed by atoms with Crippen molar-refractivity contribution in [2.75, 3.05) is 0 Å². The first-order chi connectivity index (χ1) is 31.5. The molecule has 0 bridgehead atoms.